The molecule has 2 N–H and O–H groups in total. The lowest BCUT2D eigenvalue weighted by molar-refractivity contribution is 0.139. The van der Waals surface area contributed by atoms with Gasteiger partial charge in [0.15, 0.2) is 0 Å². The van der Waals surface area contributed by atoms with Crippen molar-refractivity contribution in [1.29, 1.82) is 0 Å². The fourth-order valence-electron chi connectivity index (χ4n) is 2.41. The van der Waals surface area contributed by atoms with Gasteiger partial charge in [-0.25, -0.2) is 4.79 Å². The van der Waals surface area contributed by atoms with Crippen molar-refractivity contribution >= 4 is 28.6 Å². The third-order valence-electron chi connectivity index (χ3n) is 3.22. The van der Waals surface area contributed by atoms with Crippen LogP contribution in [0.2, 0.25) is 5.02 Å². The first-order valence-corrected chi connectivity index (χ1v) is 5.80. The fourth-order valence-corrected chi connectivity index (χ4v) is 2.70. The van der Waals surface area contributed by atoms with Gasteiger partial charge in [0.05, 0.1) is 11.6 Å². The molecule has 0 atom stereocenters. The van der Waals surface area contributed by atoms with Crippen LogP contribution in [-0.2, 0) is 13.0 Å². The smallest absolute Gasteiger partial charge is 0.407 e. The Kier molecular flexibility index (Phi) is 2.26. The Morgan fingerprint density at radius 2 is 2.29 bits per heavy atom. The number of amides is 1. The summed E-state index contributed by atoms with van der Waals surface area (Å²) in [6.45, 7) is 0.941. The molecule has 0 spiro atoms. The SMILES string of the molecule is O=C(O)N1CCc2c([nH]c3cccc(Cl)c23)C1. The van der Waals surface area contributed by atoms with Crippen LogP contribution >= 0.6 is 11.6 Å². The number of fused-ring (bicyclic) bond motifs is 3. The number of nitrogens with zero attached hydrogens (tertiary/aromatic N) is 1. The Bertz CT molecular complexity index is 606. The Morgan fingerprint density at radius 3 is 3.06 bits per heavy atom. The van der Waals surface area contributed by atoms with E-state index in [0.717, 1.165) is 27.2 Å². The molecular weight excluding hydrogens is 240 g/mol. The van der Waals surface area contributed by atoms with Gasteiger partial charge in [-0.15, -0.1) is 0 Å². The zero-order valence-electron chi connectivity index (χ0n) is 9.03. The van der Waals surface area contributed by atoms with Crippen LogP contribution in [0, 0.1) is 0 Å². The van der Waals surface area contributed by atoms with Crippen LogP contribution in [-0.4, -0.2) is 27.6 Å². The first-order valence-electron chi connectivity index (χ1n) is 5.42. The van der Waals surface area contributed by atoms with Crippen LogP contribution in [0.3, 0.4) is 0 Å². The lowest BCUT2D eigenvalue weighted by Gasteiger charge is -2.24. The van der Waals surface area contributed by atoms with E-state index in [0.29, 0.717) is 19.5 Å². The zero-order chi connectivity index (χ0) is 12.0. The molecule has 0 bridgehead atoms. The Morgan fingerprint density at radius 1 is 1.47 bits per heavy atom. The molecule has 1 aromatic carbocycles. The van der Waals surface area contributed by atoms with Crippen molar-refractivity contribution in [3.63, 3.8) is 0 Å². The number of aromatic nitrogens is 1. The monoisotopic (exact) mass is 250 g/mol. The van der Waals surface area contributed by atoms with Crippen molar-refractivity contribution in [3.05, 3.63) is 34.5 Å². The molecule has 1 aliphatic rings. The summed E-state index contributed by atoms with van der Waals surface area (Å²) in [7, 11) is 0. The molecule has 17 heavy (non-hydrogen) atoms. The van der Waals surface area contributed by atoms with Crippen molar-refractivity contribution in [3.8, 4) is 0 Å². The van der Waals surface area contributed by atoms with E-state index in [2.05, 4.69) is 4.98 Å². The highest BCUT2D eigenvalue weighted by molar-refractivity contribution is 6.35. The molecule has 3 rings (SSSR count). The summed E-state index contributed by atoms with van der Waals surface area (Å²) in [6, 6.07) is 5.72. The summed E-state index contributed by atoms with van der Waals surface area (Å²) in [5, 5.41) is 10.7. The molecule has 0 saturated heterocycles. The largest absolute Gasteiger partial charge is 0.465 e. The molecule has 0 unspecified atom stereocenters. The van der Waals surface area contributed by atoms with Gasteiger partial charge in [0, 0.05) is 23.1 Å². The number of H-pyrrole nitrogens is 1. The van der Waals surface area contributed by atoms with E-state index in [1.165, 1.54) is 4.90 Å². The second-order valence-corrected chi connectivity index (χ2v) is 4.61. The van der Waals surface area contributed by atoms with Gasteiger partial charge in [-0.1, -0.05) is 17.7 Å². The van der Waals surface area contributed by atoms with Crippen molar-refractivity contribution in [2.75, 3.05) is 6.54 Å². The molecule has 88 valence electrons. The first-order chi connectivity index (χ1) is 8.16. The molecule has 0 saturated carbocycles. The van der Waals surface area contributed by atoms with Gasteiger partial charge in [0.1, 0.15) is 0 Å². The fraction of sp³-hybridized carbons (Fsp3) is 0.250. The third kappa shape index (κ3) is 1.56. The minimum absolute atomic E-state index is 0.412. The number of hydrogen-bond donors (Lipinski definition) is 2. The van der Waals surface area contributed by atoms with Gasteiger partial charge in [-0.05, 0) is 24.1 Å². The van der Waals surface area contributed by atoms with Gasteiger partial charge in [0.2, 0.25) is 0 Å². The molecule has 1 aromatic heterocycles. The average molecular weight is 251 g/mol. The number of carboxylic acid groups (broad SMARTS) is 1. The van der Waals surface area contributed by atoms with Crippen LogP contribution in [0.1, 0.15) is 11.3 Å². The van der Waals surface area contributed by atoms with Crippen molar-refractivity contribution in [2.24, 2.45) is 0 Å². The average Bonchev–Trinajstić information content (AvgIpc) is 2.67. The normalized spacial score (nSPS) is 15.0. The van der Waals surface area contributed by atoms with Gasteiger partial charge in [-0.3, -0.25) is 0 Å². The van der Waals surface area contributed by atoms with Crippen molar-refractivity contribution in [1.82, 2.24) is 9.88 Å². The molecule has 1 amide bonds. The maximum absolute atomic E-state index is 10.9. The van der Waals surface area contributed by atoms with Crippen LogP contribution in [0.5, 0.6) is 0 Å². The maximum atomic E-state index is 10.9. The van der Waals surface area contributed by atoms with Crippen molar-refractivity contribution < 1.29 is 9.90 Å². The molecule has 4 nitrogen and oxygen atoms in total. The van der Waals surface area contributed by atoms with E-state index in [-0.39, 0.29) is 0 Å². The molecule has 1 aliphatic heterocycles. The molecule has 5 heteroatoms. The third-order valence-corrected chi connectivity index (χ3v) is 3.53. The summed E-state index contributed by atoms with van der Waals surface area (Å²) in [5.41, 5.74) is 3.10. The van der Waals surface area contributed by atoms with Crippen LogP contribution < -0.4 is 0 Å². The summed E-state index contributed by atoms with van der Waals surface area (Å²) in [5.74, 6) is 0. The van der Waals surface area contributed by atoms with E-state index < -0.39 is 6.09 Å². The Labute approximate surface area is 103 Å². The van der Waals surface area contributed by atoms with E-state index >= 15 is 0 Å². The number of nitrogens with one attached hydrogen (secondary N) is 1. The van der Waals surface area contributed by atoms with E-state index in [9.17, 15) is 4.79 Å². The van der Waals surface area contributed by atoms with E-state index in [4.69, 9.17) is 16.7 Å². The number of aromatic amines is 1. The zero-order valence-corrected chi connectivity index (χ0v) is 9.79. The summed E-state index contributed by atoms with van der Waals surface area (Å²) < 4.78 is 0. The summed E-state index contributed by atoms with van der Waals surface area (Å²) in [4.78, 5) is 15.6. The maximum Gasteiger partial charge on any atom is 0.407 e. The number of halogens is 1. The lowest BCUT2D eigenvalue weighted by atomic mass is 10.0. The summed E-state index contributed by atoms with van der Waals surface area (Å²) in [6.07, 6.45) is -0.161. The minimum Gasteiger partial charge on any atom is -0.465 e. The highest BCUT2D eigenvalue weighted by Crippen LogP contribution is 2.32. The van der Waals surface area contributed by atoms with Crippen molar-refractivity contribution in [2.45, 2.75) is 13.0 Å². The quantitative estimate of drug-likeness (QED) is 0.755. The molecular formula is C12H11ClN2O2. The Balaban J connectivity index is 2.14. The Hall–Kier alpha value is -1.68. The van der Waals surface area contributed by atoms with Crippen LogP contribution in [0.15, 0.2) is 18.2 Å². The predicted octanol–water partition coefficient (Wildman–Crippen LogP) is 2.86. The minimum atomic E-state index is -0.875. The number of rotatable bonds is 0. The topological polar surface area (TPSA) is 56.3 Å². The number of benzene rings is 1. The van der Waals surface area contributed by atoms with Crippen LogP contribution in [0.25, 0.3) is 10.9 Å². The molecule has 2 heterocycles. The number of hydrogen-bond acceptors (Lipinski definition) is 1. The molecule has 0 aliphatic carbocycles. The highest BCUT2D eigenvalue weighted by Gasteiger charge is 2.24. The standard InChI is InChI=1S/C12H11ClN2O2/c13-8-2-1-3-9-11(8)7-4-5-15(12(16)17)6-10(7)14-9/h1-3,14H,4-6H2,(H,16,17). The number of carbonyl (C=O) groups is 1. The van der Waals surface area contributed by atoms with Gasteiger partial charge in [-0.2, -0.15) is 0 Å². The second-order valence-electron chi connectivity index (χ2n) is 4.20. The molecule has 0 fully saturated rings. The predicted molar refractivity (Wildman–Crippen MR) is 65.4 cm³/mol. The first kappa shape index (κ1) is 10.5. The second kappa shape index (κ2) is 3.67. The molecule has 2 aromatic rings. The van der Waals surface area contributed by atoms with Gasteiger partial charge < -0.3 is 15.0 Å². The van der Waals surface area contributed by atoms with Gasteiger partial charge >= 0.3 is 6.09 Å². The lowest BCUT2D eigenvalue weighted by Crippen LogP contribution is -2.34. The van der Waals surface area contributed by atoms with Crippen LogP contribution in [0.4, 0.5) is 4.79 Å². The van der Waals surface area contributed by atoms with Gasteiger partial charge in [0.25, 0.3) is 0 Å². The van der Waals surface area contributed by atoms with E-state index in [1.807, 2.05) is 18.2 Å². The summed E-state index contributed by atoms with van der Waals surface area (Å²) >= 11 is 6.18. The van der Waals surface area contributed by atoms with E-state index in [1.54, 1.807) is 0 Å². The molecule has 0 radical (unpaired) electrons. The highest BCUT2D eigenvalue weighted by atomic mass is 35.5.